The van der Waals surface area contributed by atoms with Gasteiger partial charge in [0, 0.05) is 18.8 Å². The van der Waals surface area contributed by atoms with Crippen LogP contribution in [0, 0.1) is 0 Å². The summed E-state index contributed by atoms with van der Waals surface area (Å²) in [6.07, 6.45) is 2.57. The molecule has 2 rings (SSSR count). The van der Waals surface area contributed by atoms with Crippen LogP contribution in [0.4, 0.5) is 5.69 Å². The zero-order valence-electron chi connectivity index (χ0n) is 11.9. The number of hydrogen-bond donors (Lipinski definition) is 2. The summed E-state index contributed by atoms with van der Waals surface area (Å²) < 4.78 is 32.2. The minimum absolute atomic E-state index is 0.0847. The molecule has 0 aliphatic heterocycles. The van der Waals surface area contributed by atoms with E-state index in [0.717, 1.165) is 6.54 Å². The van der Waals surface area contributed by atoms with Crippen LogP contribution < -0.4 is 9.46 Å². The lowest BCUT2D eigenvalue weighted by Gasteiger charge is -2.12. The van der Waals surface area contributed by atoms with Crippen molar-refractivity contribution in [1.29, 1.82) is 0 Å². The molecule has 2 N–H and O–H groups in total. The molecule has 0 aliphatic rings. The van der Waals surface area contributed by atoms with Crippen LogP contribution >= 0.6 is 0 Å². The van der Waals surface area contributed by atoms with Crippen molar-refractivity contribution in [3.8, 4) is 5.75 Å². The molecule has 21 heavy (non-hydrogen) atoms. The fourth-order valence-electron chi connectivity index (χ4n) is 1.60. The summed E-state index contributed by atoms with van der Waals surface area (Å²) in [4.78, 5) is 2.09. The van der Waals surface area contributed by atoms with E-state index in [2.05, 4.69) is 14.9 Å². The first-order chi connectivity index (χ1) is 9.97. The first-order valence-electron chi connectivity index (χ1n) is 6.36. The Morgan fingerprint density at radius 3 is 2.86 bits per heavy atom. The standard InChI is InChI=1S/C13H18N4O3S/c1-17(2)6-7-20-12-5-3-4-11(8-12)16-21(18,19)13-9-14-15-10-13/h3-5,8-10,16H,6-7H2,1-2H3,(H,14,15). The molecule has 0 amide bonds. The Kier molecular flexibility index (Phi) is 4.81. The van der Waals surface area contributed by atoms with Crippen molar-refractivity contribution in [2.24, 2.45) is 0 Å². The van der Waals surface area contributed by atoms with Gasteiger partial charge in [0.25, 0.3) is 10.0 Å². The Labute approximate surface area is 124 Å². The molecule has 8 heteroatoms. The second-order valence-corrected chi connectivity index (χ2v) is 6.40. The van der Waals surface area contributed by atoms with Gasteiger partial charge in [0.05, 0.1) is 11.9 Å². The molecule has 0 radical (unpaired) electrons. The van der Waals surface area contributed by atoms with Gasteiger partial charge in [0.2, 0.25) is 0 Å². The van der Waals surface area contributed by atoms with Crippen LogP contribution in [0.1, 0.15) is 0 Å². The van der Waals surface area contributed by atoms with Crippen molar-refractivity contribution in [3.05, 3.63) is 36.7 Å². The summed E-state index contributed by atoms with van der Waals surface area (Å²) in [6, 6.07) is 6.83. The van der Waals surface area contributed by atoms with Crippen molar-refractivity contribution in [3.63, 3.8) is 0 Å². The average molecular weight is 310 g/mol. The lowest BCUT2D eigenvalue weighted by Crippen LogP contribution is -2.19. The fourth-order valence-corrected chi connectivity index (χ4v) is 2.55. The predicted octanol–water partition coefficient (Wildman–Crippen LogP) is 1.15. The number of sulfonamides is 1. The molecule has 1 heterocycles. The number of ether oxygens (including phenoxy) is 1. The third-order valence-corrected chi connectivity index (χ3v) is 4.03. The molecule has 0 spiro atoms. The summed E-state index contributed by atoms with van der Waals surface area (Å²) in [5.74, 6) is 0.615. The summed E-state index contributed by atoms with van der Waals surface area (Å²) in [5, 5.41) is 6.10. The van der Waals surface area contributed by atoms with E-state index in [1.54, 1.807) is 24.3 Å². The molecule has 0 saturated carbocycles. The SMILES string of the molecule is CN(C)CCOc1cccc(NS(=O)(=O)c2cn[nH]c2)c1. The Morgan fingerprint density at radius 2 is 2.19 bits per heavy atom. The number of nitrogens with one attached hydrogen (secondary N) is 2. The second kappa shape index (κ2) is 6.59. The minimum Gasteiger partial charge on any atom is -0.492 e. The van der Waals surface area contributed by atoms with Gasteiger partial charge in [-0.05, 0) is 26.2 Å². The summed E-state index contributed by atoms with van der Waals surface area (Å²) in [5.41, 5.74) is 0.443. The monoisotopic (exact) mass is 310 g/mol. The Morgan fingerprint density at radius 1 is 1.38 bits per heavy atom. The smallest absolute Gasteiger partial charge is 0.265 e. The number of nitrogens with zero attached hydrogens (tertiary/aromatic N) is 2. The van der Waals surface area contributed by atoms with Crippen molar-refractivity contribution in [2.45, 2.75) is 4.90 Å². The van der Waals surface area contributed by atoms with E-state index in [1.807, 2.05) is 19.0 Å². The highest BCUT2D eigenvalue weighted by Gasteiger charge is 2.15. The molecule has 0 bridgehead atoms. The third kappa shape index (κ3) is 4.47. The van der Waals surface area contributed by atoms with E-state index >= 15 is 0 Å². The molecule has 1 aromatic carbocycles. The Bertz CT molecular complexity index is 668. The van der Waals surface area contributed by atoms with E-state index in [4.69, 9.17) is 4.74 Å². The van der Waals surface area contributed by atoms with Crippen LogP contribution in [0.15, 0.2) is 41.6 Å². The Balaban J connectivity index is 2.04. The third-order valence-electron chi connectivity index (χ3n) is 2.68. The van der Waals surface area contributed by atoms with Crippen molar-refractivity contribution in [2.75, 3.05) is 32.0 Å². The van der Waals surface area contributed by atoms with Crippen LogP contribution in [0.2, 0.25) is 0 Å². The number of rotatable bonds is 7. The van der Waals surface area contributed by atoms with Crippen molar-refractivity contribution >= 4 is 15.7 Å². The van der Waals surface area contributed by atoms with E-state index in [-0.39, 0.29) is 4.90 Å². The maximum atomic E-state index is 12.1. The molecule has 0 saturated heterocycles. The van der Waals surface area contributed by atoms with E-state index in [1.165, 1.54) is 12.4 Å². The van der Waals surface area contributed by atoms with Gasteiger partial charge < -0.3 is 9.64 Å². The normalized spacial score (nSPS) is 11.6. The van der Waals surface area contributed by atoms with E-state index < -0.39 is 10.0 Å². The molecule has 0 unspecified atom stereocenters. The highest BCUT2D eigenvalue weighted by molar-refractivity contribution is 7.92. The van der Waals surface area contributed by atoms with Crippen molar-refractivity contribution in [1.82, 2.24) is 15.1 Å². The molecule has 0 atom stereocenters. The summed E-state index contributed by atoms with van der Waals surface area (Å²) in [6.45, 7) is 1.32. The lowest BCUT2D eigenvalue weighted by molar-refractivity contribution is 0.261. The molecular formula is C13H18N4O3S. The maximum Gasteiger partial charge on any atom is 0.265 e. The fraction of sp³-hybridized carbons (Fsp3) is 0.308. The van der Waals surface area contributed by atoms with Gasteiger partial charge >= 0.3 is 0 Å². The number of likely N-dealkylation sites (N-methyl/N-ethyl adjacent to an activating group) is 1. The Hall–Kier alpha value is -2.06. The number of H-pyrrole nitrogens is 1. The highest BCUT2D eigenvalue weighted by atomic mass is 32.2. The summed E-state index contributed by atoms with van der Waals surface area (Å²) in [7, 11) is 0.286. The zero-order chi connectivity index (χ0) is 15.3. The lowest BCUT2D eigenvalue weighted by atomic mass is 10.3. The van der Waals surface area contributed by atoms with Gasteiger partial charge in [-0.2, -0.15) is 5.10 Å². The average Bonchev–Trinajstić information content (AvgIpc) is 2.92. The van der Waals surface area contributed by atoms with Gasteiger partial charge in [-0.25, -0.2) is 8.42 Å². The molecule has 0 fully saturated rings. The second-order valence-electron chi connectivity index (χ2n) is 4.72. The zero-order valence-corrected chi connectivity index (χ0v) is 12.7. The maximum absolute atomic E-state index is 12.1. The summed E-state index contributed by atoms with van der Waals surface area (Å²) >= 11 is 0. The molecule has 7 nitrogen and oxygen atoms in total. The van der Waals surface area contributed by atoms with Gasteiger partial charge in [0.1, 0.15) is 17.3 Å². The molecular weight excluding hydrogens is 292 g/mol. The number of benzene rings is 1. The molecule has 114 valence electrons. The van der Waals surface area contributed by atoms with Crippen LogP contribution in [0.3, 0.4) is 0 Å². The largest absolute Gasteiger partial charge is 0.492 e. The van der Waals surface area contributed by atoms with Crippen LogP contribution in [0.25, 0.3) is 0 Å². The molecule has 2 aromatic rings. The predicted molar refractivity (Wildman–Crippen MR) is 79.9 cm³/mol. The molecule has 1 aromatic heterocycles. The number of aromatic nitrogens is 2. The van der Waals surface area contributed by atoms with Crippen LogP contribution in [0.5, 0.6) is 5.75 Å². The first-order valence-corrected chi connectivity index (χ1v) is 7.85. The van der Waals surface area contributed by atoms with Crippen LogP contribution in [-0.2, 0) is 10.0 Å². The molecule has 0 aliphatic carbocycles. The number of anilines is 1. The number of aromatic amines is 1. The highest BCUT2D eigenvalue weighted by Crippen LogP contribution is 2.20. The minimum atomic E-state index is -3.63. The number of hydrogen-bond acceptors (Lipinski definition) is 5. The topological polar surface area (TPSA) is 87.3 Å². The van der Waals surface area contributed by atoms with Gasteiger partial charge in [-0.1, -0.05) is 6.07 Å². The van der Waals surface area contributed by atoms with Gasteiger partial charge in [-0.15, -0.1) is 0 Å². The quantitative estimate of drug-likeness (QED) is 0.801. The van der Waals surface area contributed by atoms with Gasteiger partial charge in [-0.3, -0.25) is 9.82 Å². The van der Waals surface area contributed by atoms with E-state index in [9.17, 15) is 8.42 Å². The van der Waals surface area contributed by atoms with E-state index in [0.29, 0.717) is 18.0 Å². The van der Waals surface area contributed by atoms with Crippen LogP contribution in [-0.4, -0.2) is 50.8 Å². The van der Waals surface area contributed by atoms with Crippen molar-refractivity contribution < 1.29 is 13.2 Å². The first kappa shape index (κ1) is 15.3. The van der Waals surface area contributed by atoms with Gasteiger partial charge in [0.15, 0.2) is 0 Å².